The highest BCUT2D eigenvalue weighted by Gasteiger charge is 2.28. The topological polar surface area (TPSA) is 0 Å². The third kappa shape index (κ3) is 3.00. The minimum absolute atomic E-state index is 0.469. The molecule has 0 heteroatoms. The van der Waals surface area contributed by atoms with E-state index in [0.717, 1.165) is 0 Å². The molecule has 0 heterocycles. The Morgan fingerprint density at radius 1 is 1.33 bits per heavy atom. The van der Waals surface area contributed by atoms with Gasteiger partial charge in [0.25, 0.3) is 0 Å². The fourth-order valence-corrected chi connectivity index (χ4v) is 2.43. The largest absolute Gasteiger partial charge is 0.0880 e. The molecule has 0 amide bonds. The molecular weight excluding hydrogens is 144 g/mol. The first-order valence-corrected chi connectivity index (χ1v) is 5.09. The van der Waals surface area contributed by atoms with Crippen LogP contribution in [0.4, 0.5) is 0 Å². The van der Waals surface area contributed by atoms with E-state index in [1.165, 1.54) is 25.7 Å². The Bertz CT molecular complexity index is 171. The Kier molecular flexibility index (Phi) is 2.65. The van der Waals surface area contributed by atoms with E-state index in [-0.39, 0.29) is 0 Å². The van der Waals surface area contributed by atoms with Crippen LogP contribution in [-0.2, 0) is 0 Å². The van der Waals surface area contributed by atoms with Crippen molar-refractivity contribution in [3.8, 4) is 0 Å². The number of hydrogen-bond donors (Lipinski definition) is 0. The second kappa shape index (κ2) is 3.24. The SMILES string of the molecule is CC(C)(C)CC1(C)C=CCCC1. The molecule has 0 radical (unpaired) electrons. The molecule has 0 aromatic rings. The van der Waals surface area contributed by atoms with Crippen LogP contribution in [0.2, 0.25) is 0 Å². The Labute approximate surface area is 77.1 Å². The summed E-state index contributed by atoms with van der Waals surface area (Å²) in [6, 6.07) is 0. The van der Waals surface area contributed by atoms with E-state index < -0.39 is 0 Å². The number of rotatable bonds is 1. The summed E-state index contributed by atoms with van der Waals surface area (Å²) in [5, 5.41) is 0. The van der Waals surface area contributed by atoms with Gasteiger partial charge in [-0.3, -0.25) is 0 Å². The first kappa shape index (κ1) is 9.83. The van der Waals surface area contributed by atoms with Crippen molar-refractivity contribution in [1.29, 1.82) is 0 Å². The first-order valence-electron chi connectivity index (χ1n) is 5.09. The Hall–Kier alpha value is -0.260. The highest BCUT2D eigenvalue weighted by molar-refractivity contribution is 5.02. The Balaban J connectivity index is 2.59. The molecule has 0 saturated heterocycles. The van der Waals surface area contributed by atoms with Crippen LogP contribution in [0.25, 0.3) is 0 Å². The summed E-state index contributed by atoms with van der Waals surface area (Å²) in [7, 11) is 0. The van der Waals surface area contributed by atoms with E-state index >= 15 is 0 Å². The molecule has 12 heavy (non-hydrogen) atoms. The lowest BCUT2D eigenvalue weighted by Gasteiger charge is -2.35. The standard InChI is InChI=1S/C12H22/c1-11(2,3)10-12(4)8-6-5-7-9-12/h6,8H,5,7,9-10H2,1-4H3. The van der Waals surface area contributed by atoms with Crippen LogP contribution < -0.4 is 0 Å². The normalized spacial score (nSPS) is 30.7. The van der Waals surface area contributed by atoms with Crippen LogP contribution >= 0.6 is 0 Å². The van der Waals surface area contributed by atoms with Crippen LogP contribution in [0.3, 0.4) is 0 Å². The minimum Gasteiger partial charge on any atom is -0.0880 e. The molecule has 0 fully saturated rings. The minimum atomic E-state index is 0.469. The van der Waals surface area contributed by atoms with Crippen LogP contribution in [0, 0.1) is 10.8 Å². The molecule has 0 N–H and O–H groups in total. The van der Waals surface area contributed by atoms with Crippen molar-refractivity contribution in [3.05, 3.63) is 12.2 Å². The molecule has 1 aliphatic carbocycles. The van der Waals surface area contributed by atoms with Crippen molar-refractivity contribution >= 4 is 0 Å². The Morgan fingerprint density at radius 2 is 2.00 bits per heavy atom. The summed E-state index contributed by atoms with van der Waals surface area (Å²) >= 11 is 0. The maximum atomic E-state index is 2.43. The second-order valence-corrected chi connectivity index (χ2v) is 5.69. The van der Waals surface area contributed by atoms with Crippen LogP contribution in [0.5, 0.6) is 0 Å². The number of allylic oxidation sites excluding steroid dienone is 2. The van der Waals surface area contributed by atoms with Crippen molar-refractivity contribution in [2.24, 2.45) is 10.8 Å². The molecule has 0 aromatic carbocycles. The summed E-state index contributed by atoms with van der Waals surface area (Å²) in [5.74, 6) is 0. The van der Waals surface area contributed by atoms with E-state index in [0.29, 0.717) is 10.8 Å². The van der Waals surface area contributed by atoms with Gasteiger partial charge in [-0.2, -0.15) is 0 Å². The van der Waals surface area contributed by atoms with E-state index in [1.807, 2.05) is 0 Å². The molecule has 0 bridgehead atoms. The van der Waals surface area contributed by atoms with Gasteiger partial charge in [-0.15, -0.1) is 0 Å². The van der Waals surface area contributed by atoms with Crippen LogP contribution in [-0.4, -0.2) is 0 Å². The van der Waals surface area contributed by atoms with Gasteiger partial charge in [0, 0.05) is 0 Å². The molecule has 1 atom stereocenters. The smallest absolute Gasteiger partial charge is 0.0141 e. The average molecular weight is 166 g/mol. The predicted octanol–water partition coefficient (Wildman–Crippen LogP) is 4.17. The summed E-state index contributed by atoms with van der Waals surface area (Å²) in [5.41, 5.74) is 0.951. The van der Waals surface area contributed by atoms with Gasteiger partial charge in [-0.1, -0.05) is 39.8 Å². The van der Waals surface area contributed by atoms with Gasteiger partial charge in [-0.05, 0) is 36.5 Å². The monoisotopic (exact) mass is 166 g/mol. The molecule has 0 nitrogen and oxygen atoms in total. The zero-order valence-corrected chi connectivity index (χ0v) is 8.98. The molecule has 0 aliphatic heterocycles. The molecular formula is C12H22. The zero-order chi connectivity index (χ0) is 9.24. The van der Waals surface area contributed by atoms with Crippen LogP contribution in [0.1, 0.15) is 53.4 Å². The lowest BCUT2D eigenvalue weighted by atomic mass is 9.70. The number of hydrogen-bond acceptors (Lipinski definition) is 0. The molecule has 1 rings (SSSR count). The fourth-order valence-electron chi connectivity index (χ4n) is 2.43. The predicted molar refractivity (Wildman–Crippen MR) is 55.2 cm³/mol. The molecule has 0 aromatic heterocycles. The highest BCUT2D eigenvalue weighted by Crippen LogP contribution is 2.40. The summed E-state index contributed by atoms with van der Waals surface area (Å²) < 4.78 is 0. The van der Waals surface area contributed by atoms with Gasteiger partial charge < -0.3 is 0 Å². The molecule has 70 valence electrons. The lowest BCUT2D eigenvalue weighted by molar-refractivity contribution is 0.220. The first-order chi connectivity index (χ1) is 5.41. The van der Waals surface area contributed by atoms with Crippen molar-refractivity contribution in [3.63, 3.8) is 0 Å². The zero-order valence-electron chi connectivity index (χ0n) is 8.98. The van der Waals surface area contributed by atoms with Gasteiger partial charge in [-0.25, -0.2) is 0 Å². The Morgan fingerprint density at radius 3 is 2.42 bits per heavy atom. The quantitative estimate of drug-likeness (QED) is 0.513. The van der Waals surface area contributed by atoms with Gasteiger partial charge in [0.1, 0.15) is 0 Å². The molecule has 1 unspecified atom stereocenters. The second-order valence-electron chi connectivity index (χ2n) is 5.69. The van der Waals surface area contributed by atoms with Crippen molar-refractivity contribution < 1.29 is 0 Å². The lowest BCUT2D eigenvalue weighted by Crippen LogP contribution is -2.23. The third-order valence-corrected chi connectivity index (χ3v) is 2.57. The van der Waals surface area contributed by atoms with Crippen molar-refractivity contribution in [1.82, 2.24) is 0 Å². The van der Waals surface area contributed by atoms with Crippen molar-refractivity contribution in [2.75, 3.05) is 0 Å². The molecule has 0 saturated carbocycles. The van der Waals surface area contributed by atoms with Gasteiger partial charge in [0.15, 0.2) is 0 Å². The van der Waals surface area contributed by atoms with Gasteiger partial charge >= 0.3 is 0 Å². The fraction of sp³-hybridized carbons (Fsp3) is 0.833. The van der Waals surface area contributed by atoms with E-state index in [1.54, 1.807) is 0 Å². The summed E-state index contributed by atoms with van der Waals surface area (Å²) in [4.78, 5) is 0. The van der Waals surface area contributed by atoms with Crippen molar-refractivity contribution in [2.45, 2.75) is 53.4 Å². The summed E-state index contributed by atoms with van der Waals surface area (Å²) in [6.07, 6.45) is 10.1. The van der Waals surface area contributed by atoms with Gasteiger partial charge in [0.2, 0.25) is 0 Å². The van der Waals surface area contributed by atoms with E-state index in [4.69, 9.17) is 0 Å². The maximum absolute atomic E-state index is 2.43. The van der Waals surface area contributed by atoms with Crippen LogP contribution in [0.15, 0.2) is 12.2 Å². The average Bonchev–Trinajstić information content (AvgIpc) is 1.83. The van der Waals surface area contributed by atoms with E-state index in [9.17, 15) is 0 Å². The molecule has 0 spiro atoms. The summed E-state index contributed by atoms with van der Waals surface area (Å²) in [6.45, 7) is 9.40. The van der Waals surface area contributed by atoms with E-state index in [2.05, 4.69) is 39.8 Å². The maximum Gasteiger partial charge on any atom is -0.0141 e. The highest BCUT2D eigenvalue weighted by atomic mass is 14.3. The van der Waals surface area contributed by atoms with Gasteiger partial charge in [0.05, 0.1) is 0 Å². The third-order valence-electron chi connectivity index (χ3n) is 2.57. The molecule has 1 aliphatic rings.